The number of nitrogens with zero attached hydrogens (tertiary/aromatic N) is 6. The summed E-state index contributed by atoms with van der Waals surface area (Å²) in [5.74, 6) is 0.00236. The van der Waals surface area contributed by atoms with Crippen LogP contribution in [-0.4, -0.2) is 41.7 Å². The maximum Gasteiger partial charge on any atom is 0.279 e. The fourth-order valence-corrected chi connectivity index (χ4v) is 4.10. The van der Waals surface area contributed by atoms with Crippen LogP contribution in [0.25, 0.3) is 22.4 Å². The Labute approximate surface area is 171 Å². The van der Waals surface area contributed by atoms with Gasteiger partial charge in [0.25, 0.3) is 5.56 Å². The smallest absolute Gasteiger partial charge is 0.279 e. The zero-order chi connectivity index (χ0) is 21.2. The molecule has 0 spiro atoms. The Balaban J connectivity index is 1.84. The fourth-order valence-electron chi connectivity index (χ4n) is 4.10. The molecular weight excluding hydrogens is 387 g/mol. The number of halogens is 1. The van der Waals surface area contributed by atoms with Gasteiger partial charge in [0.1, 0.15) is 12.1 Å². The van der Waals surface area contributed by atoms with Crippen LogP contribution in [-0.2, 0) is 10.2 Å². The predicted molar refractivity (Wildman–Crippen MR) is 110 cm³/mol. The molecule has 156 valence electrons. The molecule has 4 aromatic rings. The van der Waals surface area contributed by atoms with Crippen LogP contribution in [0.1, 0.15) is 45.9 Å². The average molecular weight is 410 g/mol. The first-order chi connectivity index (χ1) is 14.3. The van der Waals surface area contributed by atoms with E-state index < -0.39 is 5.82 Å². The molecule has 30 heavy (non-hydrogen) atoms. The van der Waals surface area contributed by atoms with Crippen molar-refractivity contribution in [3.8, 4) is 5.82 Å². The van der Waals surface area contributed by atoms with Gasteiger partial charge >= 0.3 is 0 Å². The Hall–Kier alpha value is -3.07. The van der Waals surface area contributed by atoms with Crippen molar-refractivity contribution in [1.82, 2.24) is 28.9 Å². The molecule has 2 atom stereocenters. The molecule has 0 amide bonds. The van der Waals surface area contributed by atoms with E-state index in [1.165, 1.54) is 16.8 Å². The topological polar surface area (TPSA) is 79.2 Å². The van der Waals surface area contributed by atoms with Crippen LogP contribution in [0.5, 0.6) is 0 Å². The number of benzene rings is 1. The quantitative estimate of drug-likeness (QED) is 0.508. The van der Waals surface area contributed by atoms with E-state index in [2.05, 4.69) is 15.3 Å². The molecule has 5 rings (SSSR count). The minimum absolute atomic E-state index is 0.151. The maximum atomic E-state index is 14.1. The molecule has 0 N–H and O–H groups in total. The third-order valence-electron chi connectivity index (χ3n) is 5.77. The third-order valence-corrected chi connectivity index (χ3v) is 5.77. The van der Waals surface area contributed by atoms with Crippen molar-refractivity contribution in [2.24, 2.45) is 0 Å². The molecule has 8 nitrogen and oxygen atoms in total. The zero-order valence-electron chi connectivity index (χ0n) is 17.3. The van der Waals surface area contributed by atoms with Gasteiger partial charge in [0.15, 0.2) is 11.3 Å². The number of rotatable bonds is 2. The number of hydrogen-bond donors (Lipinski definition) is 0. The van der Waals surface area contributed by atoms with Crippen LogP contribution in [0.3, 0.4) is 0 Å². The maximum absolute atomic E-state index is 14.1. The molecule has 3 aromatic heterocycles. The number of fused-ring (bicyclic) bond motifs is 3. The van der Waals surface area contributed by atoms with Crippen LogP contribution >= 0.6 is 0 Å². The minimum atomic E-state index is -0.395. The van der Waals surface area contributed by atoms with Crippen LogP contribution in [0.4, 0.5) is 4.39 Å². The summed E-state index contributed by atoms with van der Waals surface area (Å²) >= 11 is 0. The van der Waals surface area contributed by atoms with E-state index in [0.717, 1.165) is 5.69 Å². The van der Waals surface area contributed by atoms with Gasteiger partial charge in [0.2, 0.25) is 0 Å². The van der Waals surface area contributed by atoms with Gasteiger partial charge in [-0.15, -0.1) is 5.10 Å². The van der Waals surface area contributed by atoms with E-state index in [1.807, 2.05) is 27.7 Å². The van der Waals surface area contributed by atoms with Gasteiger partial charge in [-0.2, -0.15) is 4.68 Å². The standard InChI is InChI=1S/C21H23FN6O2/c1-12-14(7-8-30-12)28-16-9-13(22)5-6-15(16)26-11-23-19(18(26)20(28)29)27-10-17(24-25-27)21(2,3)4/h5-6,9-12,14H,7-8H2,1-4H3. The number of hydrogen-bond acceptors (Lipinski definition) is 5. The van der Waals surface area contributed by atoms with Crippen molar-refractivity contribution < 1.29 is 9.13 Å². The lowest BCUT2D eigenvalue weighted by atomic mass is 9.93. The molecule has 1 aliphatic heterocycles. The van der Waals surface area contributed by atoms with Gasteiger partial charge in [-0.05, 0) is 31.5 Å². The third kappa shape index (κ3) is 2.76. The van der Waals surface area contributed by atoms with Crippen LogP contribution in [0.2, 0.25) is 0 Å². The lowest BCUT2D eigenvalue weighted by Crippen LogP contribution is -2.30. The summed E-state index contributed by atoms with van der Waals surface area (Å²) in [6, 6.07) is 4.27. The lowest BCUT2D eigenvalue weighted by molar-refractivity contribution is 0.108. The Bertz CT molecular complexity index is 1330. The molecular formula is C21H23FN6O2. The van der Waals surface area contributed by atoms with Gasteiger partial charge in [-0.1, -0.05) is 26.0 Å². The van der Waals surface area contributed by atoms with E-state index in [-0.39, 0.29) is 23.1 Å². The summed E-state index contributed by atoms with van der Waals surface area (Å²) in [5, 5.41) is 8.46. The Morgan fingerprint density at radius 2 is 2.03 bits per heavy atom. The highest BCUT2D eigenvalue weighted by molar-refractivity contribution is 5.81. The number of imidazole rings is 1. The van der Waals surface area contributed by atoms with Gasteiger partial charge < -0.3 is 4.74 Å². The van der Waals surface area contributed by atoms with E-state index in [0.29, 0.717) is 35.4 Å². The van der Waals surface area contributed by atoms with Crippen molar-refractivity contribution in [3.63, 3.8) is 0 Å². The first-order valence-corrected chi connectivity index (χ1v) is 10.0. The Kier molecular flexibility index (Phi) is 4.08. The van der Waals surface area contributed by atoms with Crippen molar-refractivity contribution >= 4 is 16.6 Å². The summed E-state index contributed by atoms with van der Waals surface area (Å²) in [6.07, 6.45) is 3.90. The first kappa shape index (κ1) is 18.9. The highest BCUT2D eigenvalue weighted by Gasteiger charge is 2.30. The lowest BCUT2D eigenvalue weighted by Gasteiger charge is -2.21. The van der Waals surface area contributed by atoms with Gasteiger partial charge in [0.05, 0.1) is 35.1 Å². The molecule has 9 heteroatoms. The molecule has 0 radical (unpaired) electrons. The highest BCUT2D eigenvalue weighted by atomic mass is 19.1. The van der Waals surface area contributed by atoms with Crippen molar-refractivity contribution in [3.05, 3.63) is 52.6 Å². The van der Waals surface area contributed by atoms with Crippen LogP contribution in [0.15, 0.2) is 35.5 Å². The second-order valence-electron chi connectivity index (χ2n) is 8.83. The monoisotopic (exact) mass is 410 g/mol. The fraction of sp³-hybridized carbons (Fsp3) is 0.429. The van der Waals surface area contributed by atoms with E-state index >= 15 is 0 Å². The van der Waals surface area contributed by atoms with E-state index in [4.69, 9.17) is 4.74 Å². The molecule has 1 saturated heterocycles. The molecule has 1 aliphatic rings. The second-order valence-corrected chi connectivity index (χ2v) is 8.83. The summed E-state index contributed by atoms with van der Waals surface area (Å²) in [7, 11) is 0. The van der Waals surface area contributed by atoms with Gasteiger partial charge in [-0.25, -0.2) is 9.37 Å². The van der Waals surface area contributed by atoms with E-state index in [9.17, 15) is 9.18 Å². The van der Waals surface area contributed by atoms with Crippen LogP contribution < -0.4 is 5.56 Å². The molecule has 2 unspecified atom stereocenters. The predicted octanol–water partition coefficient (Wildman–Crippen LogP) is 3.02. The summed E-state index contributed by atoms with van der Waals surface area (Å²) < 4.78 is 24.7. The summed E-state index contributed by atoms with van der Waals surface area (Å²) in [6.45, 7) is 8.63. The summed E-state index contributed by atoms with van der Waals surface area (Å²) in [5.41, 5.74) is 1.95. The SMILES string of the molecule is CC1OCCC1n1c(=O)c2c(-n3cc(C(C)(C)C)nn3)ncn2c2ccc(F)cc21. The normalized spacial score (nSPS) is 19.9. The number of ether oxygens (including phenoxy) is 1. The Morgan fingerprint density at radius 3 is 2.70 bits per heavy atom. The largest absolute Gasteiger partial charge is 0.376 e. The average Bonchev–Trinajstić information content (AvgIpc) is 3.40. The molecule has 4 heterocycles. The van der Waals surface area contributed by atoms with E-state index in [1.54, 1.807) is 27.6 Å². The second kappa shape index (κ2) is 6.46. The molecule has 1 aromatic carbocycles. The zero-order valence-corrected chi connectivity index (χ0v) is 17.3. The Morgan fingerprint density at radius 1 is 1.23 bits per heavy atom. The molecule has 0 aliphatic carbocycles. The molecule has 0 bridgehead atoms. The van der Waals surface area contributed by atoms with Crippen LogP contribution in [0, 0.1) is 5.82 Å². The molecule has 0 saturated carbocycles. The van der Waals surface area contributed by atoms with Gasteiger partial charge in [-0.3, -0.25) is 13.8 Å². The van der Waals surface area contributed by atoms with Crippen molar-refractivity contribution in [1.29, 1.82) is 0 Å². The van der Waals surface area contributed by atoms with Crippen molar-refractivity contribution in [2.75, 3.05) is 6.61 Å². The first-order valence-electron chi connectivity index (χ1n) is 10.0. The number of aromatic nitrogens is 6. The van der Waals surface area contributed by atoms with Gasteiger partial charge in [0, 0.05) is 12.0 Å². The minimum Gasteiger partial charge on any atom is -0.376 e. The summed E-state index contributed by atoms with van der Waals surface area (Å²) in [4.78, 5) is 18.2. The highest BCUT2D eigenvalue weighted by Crippen LogP contribution is 2.30. The van der Waals surface area contributed by atoms with Crippen molar-refractivity contribution in [2.45, 2.75) is 51.7 Å². The molecule has 1 fully saturated rings.